The van der Waals surface area contributed by atoms with E-state index in [1.54, 1.807) is 34.4 Å². The molecule has 0 radical (unpaired) electrons. The minimum absolute atomic E-state index is 0.121. The minimum Gasteiger partial charge on any atom is -0.459 e. The molecule has 146 valence electrons. The number of thiophene rings is 1. The normalized spacial score (nSPS) is 13.3. The summed E-state index contributed by atoms with van der Waals surface area (Å²) in [7, 11) is 0. The van der Waals surface area contributed by atoms with E-state index in [-0.39, 0.29) is 17.6 Å². The van der Waals surface area contributed by atoms with Gasteiger partial charge in [-0.15, -0.1) is 11.3 Å². The lowest BCUT2D eigenvalue weighted by Crippen LogP contribution is -2.35. The van der Waals surface area contributed by atoms with Crippen molar-refractivity contribution in [1.82, 2.24) is 20.1 Å². The zero-order chi connectivity index (χ0) is 19.8. The monoisotopic (exact) mass is 425 g/mol. The number of amides is 2. The van der Waals surface area contributed by atoms with Gasteiger partial charge in [0.2, 0.25) is 0 Å². The number of H-pyrrole nitrogens is 1. The van der Waals surface area contributed by atoms with E-state index in [9.17, 15) is 9.59 Å². The zero-order valence-electron chi connectivity index (χ0n) is 15.0. The molecule has 1 aliphatic rings. The molecule has 0 spiro atoms. The number of nitrogens with zero attached hydrogens (tertiary/aromatic N) is 3. The van der Waals surface area contributed by atoms with E-state index in [2.05, 4.69) is 20.5 Å². The maximum absolute atomic E-state index is 12.9. The third kappa shape index (κ3) is 3.47. The molecule has 2 N–H and O–H groups in total. The van der Waals surface area contributed by atoms with Crippen molar-refractivity contribution in [2.75, 3.05) is 11.9 Å². The van der Waals surface area contributed by atoms with E-state index in [0.717, 1.165) is 21.1 Å². The summed E-state index contributed by atoms with van der Waals surface area (Å²) < 4.78 is 5.10. The van der Waals surface area contributed by atoms with Gasteiger partial charge in [0.05, 0.1) is 29.1 Å². The maximum Gasteiger partial charge on any atom is 0.293 e. The second-order valence-corrected chi connectivity index (χ2v) is 8.47. The van der Waals surface area contributed by atoms with Gasteiger partial charge in [-0.05, 0) is 29.6 Å². The molecule has 2 amide bonds. The molecule has 0 aromatic carbocycles. The lowest BCUT2D eigenvalue weighted by molar-refractivity contribution is 0.0730. The summed E-state index contributed by atoms with van der Waals surface area (Å²) in [4.78, 5) is 33.3. The molecular formula is C19H15N5O3S2. The maximum atomic E-state index is 12.9. The van der Waals surface area contributed by atoms with Gasteiger partial charge in [0.1, 0.15) is 0 Å². The summed E-state index contributed by atoms with van der Waals surface area (Å²) in [5.74, 6) is -0.231. The average molecular weight is 425 g/mol. The molecular weight excluding hydrogens is 410 g/mol. The molecule has 1 aliphatic heterocycles. The number of rotatable bonds is 4. The van der Waals surface area contributed by atoms with Gasteiger partial charge in [0, 0.05) is 17.8 Å². The van der Waals surface area contributed by atoms with Crippen LogP contribution in [0.5, 0.6) is 0 Å². The Bertz CT molecular complexity index is 1160. The Kier molecular flexibility index (Phi) is 4.49. The third-order valence-corrected chi connectivity index (χ3v) is 6.47. The first-order valence-corrected chi connectivity index (χ1v) is 10.6. The van der Waals surface area contributed by atoms with E-state index in [1.165, 1.54) is 17.6 Å². The first-order chi connectivity index (χ1) is 14.2. The van der Waals surface area contributed by atoms with Gasteiger partial charge in [-0.3, -0.25) is 20.0 Å². The number of furan rings is 1. The van der Waals surface area contributed by atoms with Crippen molar-refractivity contribution in [2.45, 2.75) is 13.0 Å². The quantitative estimate of drug-likeness (QED) is 0.519. The Morgan fingerprint density at radius 2 is 2.21 bits per heavy atom. The standard InChI is InChI=1S/C19H15N5O3S2/c25-17(14-3-1-7-27-14)21-19-20-11-5-6-24(10-16(11)29-19)18(26)13-9-12(22-23-13)15-4-2-8-28-15/h1-4,7-9H,5-6,10H2,(H,22,23)(H,20,21,25). The number of aromatic amines is 1. The molecule has 0 bridgehead atoms. The number of fused-ring (bicyclic) bond motifs is 1. The molecule has 5 rings (SSSR count). The molecule has 4 aromatic heterocycles. The van der Waals surface area contributed by atoms with Crippen LogP contribution in [-0.4, -0.2) is 38.4 Å². The van der Waals surface area contributed by atoms with Gasteiger partial charge in [0.25, 0.3) is 11.8 Å². The van der Waals surface area contributed by atoms with Gasteiger partial charge in [-0.2, -0.15) is 5.10 Å². The van der Waals surface area contributed by atoms with Crippen LogP contribution in [0.1, 0.15) is 31.6 Å². The second kappa shape index (κ2) is 7.30. The van der Waals surface area contributed by atoms with Crippen molar-refractivity contribution < 1.29 is 14.0 Å². The van der Waals surface area contributed by atoms with Crippen LogP contribution in [0.2, 0.25) is 0 Å². The molecule has 5 heterocycles. The summed E-state index contributed by atoms with van der Waals surface area (Å²) >= 11 is 2.97. The number of aromatic nitrogens is 3. The number of carbonyl (C=O) groups excluding carboxylic acids is 2. The predicted molar refractivity (Wildman–Crippen MR) is 109 cm³/mol. The molecule has 0 aliphatic carbocycles. The number of carbonyl (C=O) groups is 2. The minimum atomic E-state index is -0.341. The number of nitrogens with one attached hydrogen (secondary N) is 2. The Labute approximate surface area is 173 Å². The highest BCUT2D eigenvalue weighted by Gasteiger charge is 2.27. The molecule has 0 fully saturated rings. The van der Waals surface area contributed by atoms with Gasteiger partial charge in [0.15, 0.2) is 16.6 Å². The van der Waals surface area contributed by atoms with E-state index in [4.69, 9.17) is 4.42 Å². The largest absolute Gasteiger partial charge is 0.459 e. The summed E-state index contributed by atoms with van der Waals surface area (Å²) in [5, 5.41) is 12.4. The van der Waals surface area contributed by atoms with Crippen LogP contribution in [0.4, 0.5) is 5.13 Å². The van der Waals surface area contributed by atoms with Crippen LogP contribution in [0, 0.1) is 0 Å². The zero-order valence-corrected chi connectivity index (χ0v) is 16.7. The fraction of sp³-hybridized carbons (Fsp3) is 0.158. The van der Waals surface area contributed by atoms with Crippen molar-refractivity contribution in [1.29, 1.82) is 0 Å². The third-order valence-electron chi connectivity index (χ3n) is 4.57. The van der Waals surface area contributed by atoms with Crippen LogP contribution in [-0.2, 0) is 13.0 Å². The molecule has 29 heavy (non-hydrogen) atoms. The first-order valence-electron chi connectivity index (χ1n) is 8.89. The van der Waals surface area contributed by atoms with E-state index in [0.29, 0.717) is 30.3 Å². The molecule has 4 aromatic rings. The van der Waals surface area contributed by atoms with Crippen molar-refractivity contribution in [3.8, 4) is 10.6 Å². The highest BCUT2D eigenvalue weighted by molar-refractivity contribution is 7.16. The lowest BCUT2D eigenvalue weighted by Gasteiger charge is -2.25. The first kappa shape index (κ1) is 17.8. The molecule has 10 heteroatoms. The summed E-state index contributed by atoms with van der Waals surface area (Å²) in [6.07, 6.45) is 2.08. The summed E-state index contributed by atoms with van der Waals surface area (Å²) in [6, 6.07) is 8.98. The van der Waals surface area contributed by atoms with E-state index >= 15 is 0 Å². The fourth-order valence-corrected chi connectivity index (χ4v) is 4.85. The van der Waals surface area contributed by atoms with Gasteiger partial charge < -0.3 is 9.32 Å². The summed E-state index contributed by atoms with van der Waals surface area (Å²) in [5.41, 5.74) is 2.14. The Morgan fingerprint density at radius 3 is 3.00 bits per heavy atom. The van der Waals surface area contributed by atoms with Crippen LogP contribution >= 0.6 is 22.7 Å². The highest BCUT2D eigenvalue weighted by Crippen LogP contribution is 2.30. The van der Waals surface area contributed by atoms with Crippen LogP contribution in [0.25, 0.3) is 10.6 Å². The van der Waals surface area contributed by atoms with Crippen molar-refractivity contribution in [3.63, 3.8) is 0 Å². The van der Waals surface area contributed by atoms with Crippen molar-refractivity contribution in [2.24, 2.45) is 0 Å². The molecule has 0 saturated carbocycles. The smallest absolute Gasteiger partial charge is 0.293 e. The number of hydrogen-bond donors (Lipinski definition) is 2. The molecule has 0 atom stereocenters. The van der Waals surface area contributed by atoms with Crippen molar-refractivity contribution >= 4 is 39.6 Å². The Morgan fingerprint density at radius 1 is 1.28 bits per heavy atom. The number of thiazole rings is 1. The topological polar surface area (TPSA) is 104 Å². The predicted octanol–water partition coefficient (Wildman–Crippen LogP) is 3.64. The van der Waals surface area contributed by atoms with E-state index in [1.807, 2.05) is 17.5 Å². The van der Waals surface area contributed by atoms with E-state index < -0.39 is 0 Å². The highest BCUT2D eigenvalue weighted by atomic mass is 32.1. The fourth-order valence-electron chi connectivity index (χ4n) is 3.14. The van der Waals surface area contributed by atoms with Gasteiger partial charge >= 0.3 is 0 Å². The van der Waals surface area contributed by atoms with Crippen LogP contribution in [0.3, 0.4) is 0 Å². The second-order valence-electron chi connectivity index (χ2n) is 6.44. The molecule has 0 saturated heterocycles. The molecule has 0 unspecified atom stereocenters. The molecule has 8 nitrogen and oxygen atoms in total. The van der Waals surface area contributed by atoms with Crippen molar-refractivity contribution in [3.05, 3.63) is 64.0 Å². The SMILES string of the molecule is O=C(Nc1nc2c(s1)CN(C(=O)c1cc(-c3cccs3)[nH]n1)CC2)c1ccco1. The van der Waals surface area contributed by atoms with Crippen LogP contribution < -0.4 is 5.32 Å². The summed E-state index contributed by atoms with van der Waals surface area (Å²) in [6.45, 7) is 1.01. The Hall–Kier alpha value is -3.24. The van der Waals surface area contributed by atoms with Gasteiger partial charge in [-0.1, -0.05) is 17.4 Å². The van der Waals surface area contributed by atoms with Crippen LogP contribution in [0.15, 0.2) is 46.4 Å². The van der Waals surface area contributed by atoms with Gasteiger partial charge in [-0.25, -0.2) is 4.98 Å². The average Bonchev–Trinajstić information content (AvgIpc) is 3.53. The Balaban J connectivity index is 1.29. The number of hydrogen-bond acceptors (Lipinski definition) is 7. The number of anilines is 1. The lowest BCUT2D eigenvalue weighted by atomic mass is 10.1.